The zero-order valence-electron chi connectivity index (χ0n) is 7.51. The summed E-state index contributed by atoms with van der Waals surface area (Å²) in [6.07, 6.45) is 0. The second-order valence-electron chi connectivity index (χ2n) is 2.94. The first kappa shape index (κ1) is 10.3. The SMILES string of the molecule is Fc1ccc(F)c(-c2cc(CBr)on2)c1. The lowest BCUT2D eigenvalue weighted by molar-refractivity contribution is 0.397. The first-order valence-corrected chi connectivity index (χ1v) is 5.30. The Morgan fingerprint density at radius 1 is 1.27 bits per heavy atom. The summed E-state index contributed by atoms with van der Waals surface area (Å²) >= 11 is 3.17. The molecule has 15 heavy (non-hydrogen) atoms. The minimum absolute atomic E-state index is 0.103. The van der Waals surface area contributed by atoms with Crippen LogP contribution < -0.4 is 0 Å². The van der Waals surface area contributed by atoms with Crippen LogP contribution in [-0.2, 0) is 5.33 Å². The molecule has 78 valence electrons. The van der Waals surface area contributed by atoms with E-state index in [0.29, 0.717) is 16.8 Å². The van der Waals surface area contributed by atoms with Crippen molar-refractivity contribution in [2.45, 2.75) is 5.33 Å². The van der Waals surface area contributed by atoms with E-state index in [4.69, 9.17) is 4.52 Å². The van der Waals surface area contributed by atoms with Gasteiger partial charge in [-0.2, -0.15) is 0 Å². The average molecular weight is 274 g/mol. The number of rotatable bonds is 2. The fraction of sp³-hybridized carbons (Fsp3) is 0.100. The molecule has 0 atom stereocenters. The highest BCUT2D eigenvalue weighted by atomic mass is 79.9. The van der Waals surface area contributed by atoms with E-state index in [2.05, 4.69) is 21.1 Å². The lowest BCUT2D eigenvalue weighted by Crippen LogP contribution is -1.85. The number of halogens is 3. The molecule has 1 heterocycles. The monoisotopic (exact) mass is 273 g/mol. The molecule has 2 nitrogen and oxygen atoms in total. The molecule has 0 amide bonds. The summed E-state index contributed by atoms with van der Waals surface area (Å²) < 4.78 is 31.1. The third-order valence-corrected chi connectivity index (χ3v) is 2.45. The highest BCUT2D eigenvalue weighted by Crippen LogP contribution is 2.23. The van der Waals surface area contributed by atoms with Gasteiger partial charge in [0, 0.05) is 11.6 Å². The zero-order chi connectivity index (χ0) is 10.8. The topological polar surface area (TPSA) is 26.0 Å². The molecule has 0 aliphatic carbocycles. The molecule has 2 rings (SSSR count). The minimum Gasteiger partial charge on any atom is -0.360 e. The Balaban J connectivity index is 2.48. The Bertz CT molecular complexity index is 484. The normalized spacial score (nSPS) is 10.6. The highest BCUT2D eigenvalue weighted by molar-refractivity contribution is 9.08. The van der Waals surface area contributed by atoms with Gasteiger partial charge in [-0.25, -0.2) is 8.78 Å². The summed E-state index contributed by atoms with van der Waals surface area (Å²) in [6.45, 7) is 0. The van der Waals surface area contributed by atoms with E-state index in [1.807, 2.05) is 0 Å². The van der Waals surface area contributed by atoms with E-state index < -0.39 is 11.6 Å². The van der Waals surface area contributed by atoms with Crippen molar-refractivity contribution in [3.8, 4) is 11.3 Å². The van der Waals surface area contributed by atoms with Crippen LogP contribution in [0.15, 0.2) is 28.8 Å². The van der Waals surface area contributed by atoms with Crippen molar-refractivity contribution in [3.63, 3.8) is 0 Å². The number of hydrogen-bond acceptors (Lipinski definition) is 2. The van der Waals surface area contributed by atoms with Gasteiger partial charge < -0.3 is 4.52 Å². The van der Waals surface area contributed by atoms with Crippen LogP contribution >= 0.6 is 15.9 Å². The van der Waals surface area contributed by atoms with Gasteiger partial charge in [0.25, 0.3) is 0 Å². The average Bonchev–Trinajstić information content (AvgIpc) is 2.70. The molecule has 1 aromatic heterocycles. The first-order chi connectivity index (χ1) is 7.20. The molecule has 0 bridgehead atoms. The van der Waals surface area contributed by atoms with E-state index in [0.717, 1.165) is 18.2 Å². The lowest BCUT2D eigenvalue weighted by Gasteiger charge is -1.97. The molecular formula is C10H6BrF2NO. The van der Waals surface area contributed by atoms with Gasteiger partial charge >= 0.3 is 0 Å². The number of benzene rings is 1. The van der Waals surface area contributed by atoms with Crippen LogP contribution in [0, 0.1) is 11.6 Å². The Morgan fingerprint density at radius 2 is 2.07 bits per heavy atom. The summed E-state index contributed by atoms with van der Waals surface area (Å²) in [6, 6.07) is 4.77. The molecule has 0 fully saturated rings. The van der Waals surface area contributed by atoms with Crippen LogP contribution in [0.1, 0.15) is 5.76 Å². The van der Waals surface area contributed by atoms with Gasteiger partial charge in [0.2, 0.25) is 0 Å². The van der Waals surface area contributed by atoms with Crippen LogP contribution in [0.25, 0.3) is 11.3 Å². The van der Waals surface area contributed by atoms with Crippen molar-refractivity contribution < 1.29 is 13.3 Å². The third kappa shape index (κ3) is 2.07. The summed E-state index contributed by atoms with van der Waals surface area (Å²) in [5.41, 5.74) is 0.396. The summed E-state index contributed by atoms with van der Waals surface area (Å²) in [5, 5.41) is 4.13. The van der Waals surface area contributed by atoms with E-state index >= 15 is 0 Å². The van der Waals surface area contributed by atoms with Gasteiger partial charge in [0.15, 0.2) is 0 Å². The van der Waals surface area contributed by atoms with Crippen LogP contribution in [0.2, 0.25) is 0 Å². The van der Waals surface area contributed by atoms with Gasteiger partial charge in [0.05, 0.1) is 5.33 Å². The number of aromatic nitrogens is 1. The van der Waals surface area contributed by atoms with E-state index in [-0.39, 0.29) is 5.56 Å². The second kappa shape index (κ2) is 4.10. The van der Waals surface area contributed by atoms with Crippen LogP contribution in [0.5, 0.6) is 0 Å². The smallest absolute Gasteiger partial charge is 0.147 e. The minimum atomic E-state index is -0.522. The van der Waals surface area contributed by atoms with Crippen LogP contribution in [0.3, 0.4) is 0 Å². The quantitative estimate of drug-likeness (QED) is 0.783. The van der Waals surface area contributed by atoms with Gasteiger partial charge in [-0.3, -0.25) is 0 Å². The summed E-state index contributed by atoms with van der Waals surface area (Å²) in [7, 11) is 0. The van der Waals surface area contributed by atoms with Crippen molar-refractivity contribution in [1.29, 1.82) is 0 Å². The molecule has 0 spiro atoms. The Kier molecular flexibility index (Phi) is 2.81. The predicted octanol–water partition coefficient (Wildman–Crippen LogP) is 3.51. The number of alkyl halides is 1. The molecule has 5 heteroatoms. The van der Waals surface area contributed by atoms with Crippen molar-refractivity contribution in [3.05, 3.63) is 41.7 Å². The lowest BCUT2D eigenvalue weighted by atomic mass is 10.1. The number of hydrogen-bond donors (Lipinski definition) is 0. The van der Waals surface area contributed by atoms with Crippen LogP contribution in [0.4, 0.5) is 8.78 Å². The third-order valence-electron chi connectivity index (χ3n) is 1.90. The van der Waals surface area contributed by atoms with Crippen molar-refractivity contribution >= 4 is 15.9 Å². The molecule has 0 N–H and O–H groups in total. The molecule has 0 saturated carbocycles. The van der Waals surface area contributed by atoms with Crippen LogP contribution in [-0.4, -0.2) is 5.16 Å². The first-order valence-electron chi connectivity index (χ1n) is 4.17. The van der Waals surface area contributed by atoms with Crippen molar-refractivity contribution in [1.82, 2.24) is 5.16 Å². The van der Waals surface area contributed by atoms with Gasteiger partial charge in [0.1, 0.15) is 23.1 Å². The second-order valence-corrected chi connectivity index (χ2v) is 3.50. The molecule has 0 radical (unpaired) electrons. The Hall–Kier alpha value is -1.23. The van der Waals surface area contributed by atoms with Crippen molar-refractivity contribution in [2.24, 2.45) is 0 Å². The maximum absolute atomic E-state index is 13.3. The molecule has 0 unspecified atom stereocenters. The largest absolute Gasteiger partial charge is 0.360 e. The van der Waals surface area contributed by atoms with Gasteiger partial charge in [-0.05, 0) is 18.2 Å². The summed E-state index contributed by atoms with van der Waals surface area (Å²) in [5.74, 6) is -0.464. The molecule has 2 aromatic rings. The maximum atomic E-state index is 13.3. The Labute approximate surface area is 93.0 Å². The molecule has 0 aliphatic rings. The maximum Gasteiger partial charge on any atom is 0.147 e. The van der Waals surface area contributed by atoms with E-state index in [1.54, 1.807) is 6.07 Å². The zero-order valence-corrected chi connectivity index (χ0v) is 9.09. The van der Waals surface area contributed by atoms with Gasteiger partial charge in [-0.15, -0.1) is 0 Å². The Morgan fingerprint density at radius 3 is 2.73 bits per heavy atom. The predicted molar refractivity (Wildman–Crippen MR) is 54.5 cm³/mol. The fourth-order valence-electron chi connectivity index (χ4n) is 1.20. The van der Waals surface area contributed by atoms with E-state index in [9.17, 15) is 8.78 Å². The molecular weight excluding hydrogens is 268 g/mol. The standard InChI is InChI=1S/C10H6BrF2NO/c11-5-7-4-10(14-15-7)8-3-6(12)1-2-9(8)13/h1-4H,5H2. The molecule has 0 aliphatic heterocycles. The molecule has 1 aromatic carbocycles. The van der Waals surface area contributed by atoms with Gasteiger partial charge in [-0.1, -0.05) is 21.1 Å². The highest BCUT2D eigenvalue weighted by Gasteiger charge is 2.11. The number of nitrogens with zero attached hydrogens (tertiary/aromatic N) is 1. The molecule has 0 saturated heterocycles. The van der Waals surface area contributed by atoms with E-state index in [1.165, 1.54) is 0 Å². The fourth-order valence-corrected chi connectivity index (χ4v) is 1.46. The summed E-state index contributed by atoms with van der Waals surface area (Å²) in [4.78, 5) is 0. The van der Waals surface area contributed by atoms with Crippen molar-refractivity contribution in [2.75, 3.05) is 0 Å².